The second-order valence-electron chi connectivity index (χ2n) is 3.55. The number of carboxylic acids is 1. The summed E-state index contributed by atoms with van der Waals surface area (Å²) in [5.74, 6) is -3.35. The lowest BCUT2D eigenvalue weighted by Gasteiger charge is -2.02. The first-order valence-electron chi connectivity index (χ1n) is 5.01. The minimum absolute atomic E-state index is 0.0343. The van der Waals surface area contributed by atoms with Gasteiger partial charge in [0.1, 0.15) is 10.7 Å². The van der Waals surface area contributed by atoms with Crippen LogP contribution in [-0.4, -0.2) is 16.0 Å². The number of nitro groups is 1. The Kier molecular flexibility index (Phi) is 4.00. The van der Waals surface area contributed by atoms with E-state index in [0.29, 0.717) is 11.0 Å². The van der Waals surface area contributed by atoms with E-state index in [1.807, 2.05) is 0 Å². The van der Waals surface area contributed by atoms with Gasteiger partial charge in [-0.1, -0.05) is 11.8 Å². The molecule has 5 nitrogen and oxygen atoms in total. The standard InChI is InChI=1S/C11H5F2NO4S2/c12-5-1-7(13)10(14(17)18)8(2-5)20-6-3-9(11(15)16)19-4-6/h1-4H,(H,15,16). The molecule has 2 rings (SSSR count). The monoisotopic (exact) mass is 317 g/mol. The number of carbonyl (C=O) groups is 1. The zero-order valence-electron chi connectivity index (χ0n) is 9.50. The molecule has 1 heterocycles. The highest BCUT2D eigenvalue weighted by molar-refractivity contribution is 7.99. The SMILES string of the molecule is O=C(O)c1cc(Sc2cc(F)cc(F)c2[N+](=O)[O-])cs1. The average Bonchev–Trinajstić information content (AvgIpc) is 2.75. The van der Waals surface area contributed by atoms with Crippen LogP contribution in [0.2, 0.25) is 0 Å². The van der Waals surface area contributed by atoms with Gasteiger partial charge in [0, 0.05) is 16.3 Å². The summed E-state index contributed by atoms with van der Waals surface area (Å²) in [5.41, 5.74) is -0.834. The smallest absolute Gasteiger partial charge is 0.345 e. The van der Waals surface area contributed by atoms with Crippen LogP contribution in [0.1, 0.15) is 9.67 Å². The van der Waals surface area contributed by atoms with E-state index < -0.39 is 28.2 Å². The van der Waals surface area contributed by atoms with E-state index in [1.54, 1.807) is 0 Å². The highest BCUT2D eigenvalue weighted by atomic mass is 32.2. The Hall–Kier alpha value is -2.00. The van der Waals surface area contributed by atoms with Crippen molar-refractivity contribution in [1.29, 1.82) is 0 Å². The molecule has 0 saturated heterocycles. The van der Waals surface area contributed by atoms with Gasteiger partial charge in [0.25, 0.3) is 0 Å². The molecule has 0 fully saturated rings. The van der Waals surface area contributed by atoms with Crippen molar-refractivity contribution < 1.29 is 23.6 Å². The molecule has 1 aromatic carbocycles. The summed E-state index contributed by atoms with van der Waals surface area (Å²) < 4.78 is 26.6. The molecule has 104 valence electrons. The first-order chi connectivity index (χ1) is 9.38. The Morgan fingerprint density at radius 2 is 2.05 bits per heavy atom. The lowest BCUT2D eigenvalue weighted by molar-refractivity contribution is -0.390. The predicted octanol–water partition coefficient (Wildman–Crippen LogP) is 3.78. The Labute approximate surface area is 119 Å². The van der Waals surface area contributed by atoms with Crippen LogP contribution in [0.3, 0.4) is 0 Å². The lowest BCUT2D eigenvalue weighted by Crippen LogP contribution is -1.96. The lowest BCUT2D eigenvalue weighted by atomic mass is 10.3. The molecular formula is C11H5F2NO4S2. The van der Waals surface area contributed by atoms with Gasteiger partial charge < -0.3 is 5.11 Å². The molecule has 0 radical (unpaired) electrons. The van der Waals surface area contributed by atoms with Crippen molar-refractivity contribution in [1.82, 2.24) is 0 Å². The van der Waals surface area contributed by atoms with Crippen molar-refractivity contribution in [3.05, 3.63) is 50.2 Å². The summed E-state index contributed by atoms with van der Waals surface area (Å²) >= 11 is 1.66. The maximum absolute atomic E-state index is 13.4. The number of carboxylic acid groups (broad SMARTS) is 1. The van der Waals surface area contributed by atoms with Gasteiger partial charge in [-0.15, -0.1) is 11.3 Å². The largest absolute Gasteiger partial charge is 0.477 e. The van der Waals surface area contributed by atoms with Crippen molar-refractivity contribution in [2.75, 3.05) is 0 Å². The van der Waals surface area contributed by atoms with E-state index in [4.69, 9.17) is 5.11 Å². The van der Waals surface area contributed by atoms with Gasteiger partial charge in [0.2, 0.25) is 5.82 Å². The van der Waals surface area contributed by atoms with E-state index in [9.17, 15) is 23.7 Å². The van der Waals surface area contributed by atoms with Gasteiger partial charge in [-0.05, 0) is 12.1 Å². The zero-order valence-corrected chi connectivity index (χ0v) is 11.1. The van der Waals surface area contributed by atoms with E-state index in [2.05, 4.69) is 0 Å². The van der Waals surface area contributed by atoms with Gasteiger partial charge in [-0.25, -0.2) is 9.18 Å². The Balaban J connectivity index is 2.41. The number of aromatic carboxylic acids is 1. The number of hydrogen-bond donors (Lipinski definition) is 1. The fourth-order valence-corrected chi connectivity index (χ4v) is 3.30. The second-order valence-corrected chi connectivity index (χ2v) is 5.57. The van der Waals surface area contributed by atoms with Crippen LogP contribution in [-0.2, 0) is 0 Å². The molecule has 0 aliphatic carbocycles. The topological polar surface area (TPSA) is 80.4 Å². The molecule has 0 saturated carbocycles. The van der Waals surface area contributed by atoms with Gasteiger partial charge in [-0.2, -0.15) is 4.39 Å². The second kappa shape index (κ2) is 5.55. The molecule has 0 aliphatic rings. The van der Waals surface area contributed by atoms with Crippen molar-refractivity contribution in [2.24, 2.45) is 0 Å². The van der Waals surface area contributed by atoms with E-state index in [0.717, 1.165) is 29.2 Å². The average molecular weight is 317 g/mol. The van der Waals surface area contributed by atoms with Crippen LogP contribution in [0, 0.1) is 21.7 Å². The molecule has 0 amide bonds. The fourth-order valence-electron chi connectivity index (χ4n) is 1.41. The number of halogens is 2. The minimum atomic E-state index is -1.27. The van der Waals surface area contributed by atoms with Crippen LogP contribution in [0.5, 0.6) is 0 Å². The first-order valence-corrected chi connectivity index (χ1v) is 6.71. The molecule has 20 heavy (non-hydrogen) atoms. The number of benzene rings is 1. The van der Waals surface area contributed by atoms with Crippen molar-refractivity contribution >= 4 is 34.8 Å². The third-order valence-electron chi connectivity index (χ3n) is 2.19. The summed E-state index contributed by atoms with van der Waals surface area (Å²) in [5, 5.41) is 21.0. The highest BCUT2D eigenvalue weighted by Crippen LogP contribution is 2.38. The number of nitrogens with zero attached hydrogens (tertiary/aromatic N) is 1. The van der Waals surface area contributed by atoms with Crippen LogP contribution in [0.4, 0.5) is 14.5 Å². The summed E-state index contributed by atoms with van der Waals surface area (Å²) in [7, 11) is 0. The molecule has 1 aromatic heterocycles. The summed E-state index contributed by atoms with van der Waals surface area (Å²) in [6.45, 7) is 0. The molecule has 0 aliphatic heterocycles. The van der Waals surface area contributed by atoms with Crippen molar-refractivity contribution in [2.45, 2.75) is 9.79 Å². The number of nitro benzene ring substituents is 1. The first kappa shape index (κ1) is 14.4. The molecule has 0 atom stereocenters. The molecule has 0 bridgehead atoms. The number of hydrogen-bond acceptors (Lipinski definition) is 5. The van der Waals surface area contributed by atoms with Crippen LogP contribution >= 0.6 is 23.1 Å². The predicted molar refractivity (Wildman–Crippen MR) is 68.4 cm³/mol. The third kappa shape index (κ3) is 2.94. The minimum Gasteiger partial charge on any atom is -0.477 e. The van der Waals surface area contributed by atoms with Gasteiger partial charge >= 0.3 is 11.7 Å². The van der Waals surface area contributed by atoms with E-state index in [-0.39, 0.29) is 9.77 Å². The van der Waals surface area contributed by atoms with Crippen molar-refractivity contribution in [3.8, 4) is 0 Å². The van der Waals surface area contributed by atoms with E-state index in [1.165, 1.54) is 11.4 Å². The van der Waals surface area contributed by atoms with Gasteiger partial charge in [0.15, 0.2) is 0 Å². The van der Waals surface area contributed by atoms with Crippen LogP contribution in [0.25, 0.3) is 0 Å². The molecular weight excluding hydrogens is 312 g/mol. The normalized spacial score (nSPS) is 10.5. The Morgan fingerprint density at radius 1 is 1.35 bits per heavy atom. The Morgan fingerprint density at radius 3 is 2.60 bits per heavy atom. The maximum atomic E-state index is 13.4. The molecule has 0 spiro atoms. The Bertz CT molecular complexity index is 702. The summed E-state index contributed by atoms with van der Waals surface area (Å²) in [6.07, 6.45) is 0. The summed E-state index contributed by atoms with van der Waals surface area (Å²) in [4.78, 5) is 20.8. The maximum Gasteiger partial charge on any atom is 0.345 e. The van der Waals surface area contributed by atoms with E-state index >= 15 is 0 Å². The quantitative estimate of drug-likeness (QED) is 0.685. The highest BCUT2D eigenvalue weighted by Gasteiger charge is 2.23. The third-order valence-corrected chi connectivity index (χ3v) is 4.26. The van der Waals surface area contributed by atoms with Crippen molar-refractivity contribution in [3.63, 3.8) is 0 Å². The summed E-state index contributed by atoms with van der Waals surface area (Å²) in [6, 6.07) is 2.55. The number of thiophene rings is 1. The van der Waals surface area contributed by atoms with Crippen LogP contribution < -0.4 is 0 Å². The molecule has 9 heteroatoms. The van der Waals surface area contributed by atoms with Gasteiger partial charge in [0.05, 0.1) is 9.82 Å². The van der Waals surface area contributed by atoms with Crippen LogP contribution in [0.15, 0.2) is 33.4 Å². The number of rotatable bonds is 4. The fraction of sp³-hybridized carbons (Fsp3) is 0. The zero-order chi connectivity index (χ0) is 14.9. The van der Waals surface area contributed by atoms with Gasteiger partial charge in [-0.3, -0.25) is 10.1 Å². The molecule has 1 N–H and O–H groups in total. The molecule has 0 unspecified atom stereocenters. The molecule has 2 aromatic rings.